The lowest BCUT2D eigenvalue weighted by molar-refractivity contribution is -0.115. The number of para-hydroxylation sites is 1. The number of amides is 2. The SMILES string of the molecule is Cn1nc(C(=O)Nc2cccc(COc3ccccc3)c2)cc1NC(=O)Cc1ccccc1. The second kappa shape index (κ2) is 10.3. The van der Waals surface area contributed by atoms with E-state index in [1.54, 1.807) is 19.2 Å². The lowest BCUT2D eigenvalue weighted by Crippen LogP contribution is -2.16. The molecule has 2 N–H and O–H groups in total. The minimum Gasteiger partial charge on any atom is -0.489 e. The number of nitrogens with one attached hydrogen (secondary N) is 2. The zero-order valence-electron chi connectivity index (χ0n) is 18.2. The van der Waals surface area contributed by atoms with Gasteiger partial charge in [0, 0.05) is 18.8 Å². The molecule has 4 aromatic rings. The van der Waals surface area contributed by atoms with E-state index in [-0.39, 0.29) is 23.9 Å². The third-order valence-electron chi connectivity index (χ3n) is 4.92. The summed E-state index contributed by atoms with van der Waals surface area (Å²) in [5.74, 6) is 0.686. The van der Waals surface area contributed by atoms with E-state index < -0.39 is 0 Å². The number of hydrogen-bond donors (Lipinski definition) is 2. The van der Waals surface area contributed by atoms with Crippen molar-refractivity contribution in [3.05, 3.63) is 108 Å². The highest BCUT2D eigenvalue weighted by molar-refractivity contribution is 6.04. The monoisotopic (exact) mass is 440 g/mol. The van der Waals surface area contributed by atoms with E-state index in [2.05, 4.69) is 15.7 Å². The van der Waals surface area contributed by atoms with Gasteiger partial charge in [0.05, 0.1) is 6.42 Å². The zero-order valence-corrected chi connectivity index (χ0v) is 18.2. The molecule has 0 bridgehead atoms. The molecule has 0 fully saturated rings. The highest BCUT2D eigenvalue weighted by Gasteiger charge is 2.15. The summed E-state index contributed by atoms with van der Waals surface area (Å²) in [7, 11) is 1.68. The van der Waals surface area contributed by atoms with Gasteiger partial charge in [0.25, 0.3) is 5.91 Å². The van der Waals surface area contributed by atoms with E-state index in [1.165, 1.54) is 4.68 Å². The summed E-state index contributed by atoms with van der Waals surface area (Å²) >= 11 is 0. The third-order valence-corrected chi connectivity index (χ3v) is 4.92. The highest BCUT2D eigenvalue weighted by atomic mass is 16.5. The maximum atomic E-state index is 12.7. The van der Waals surface area contributed by atoms with Gasteiger partial charge < -0.3 is 15.4 Å². The second-order valence-corrected chi connectivity index (χ2v) is 7.51. The summed E-state index contributed by atoms with van der Waals surface area (Å²) in [6.07, 6.45) is 0.241. The lowest BCUT2D eigenvalue weighted by atomic mass is 10.1. The van der Waals surface area contributed by atoms with Crippen molar-refractivity contribution in [3.63, 3.8) is 0 Å². The Balaban J connectivity index is 1.36. The van der Waals surface area contributed by atoms with Crippen molar-refractivity contribution >= 4 is 23.3 Å². The number of carbonyl (C=O) groups is 2. The molecule has 0 spiro atoms. The number of rotatable bonds is 8. The van der Waals surface area contributed by atoms with Crippen molar-refractivity contribution in [2.45, 2.75) is 13.0 Å². The van der Waals surface area contributed by atoms with Crippen LogP contribution in [0, 0.1) is 0 Å². The molecule has 7 heteroatoms. The largest absolute Gasteiger partial charge is 0.489 e. The first-order valence-electron chi connectivity index (χ1n) is 10.5. The Labute approximate surface area is 192 Å². The Hall–Kier alpha value is -4.39. The molecule has 0 radical (unpaired) electrons. The van der Waals surface area contributed by atoms with E-state index >= 15 is 0 Å². The van der Waals surface area contributed by atoms with Crippen LogP contribution in [0.3, 0.4) is 0 Å². The number of nitrogens with zero attached hydrogens (tertiary/aromatic N) is 2. The fourth-order valence-corrected chi connectivity index (χ4v) is 3.28. The quantitative estimate of drug-likeness (QED) is 0.424. The number of carbonyl (C=O) groups excluding carboxylic acids is 2. The molecular weight excluding hydrogens is 416 g/mol. The molecule has 1 aromatic heterocycles. The fraction of sp³-hybridized carbons (Fsp3) is 0.115. The molecule has 1 heterocycles. The third kappa shape index (κ3) is 6.07. The molecule has 0 atom stereocenters. The van der Waals surface area contributed by atoms with E-state index in [4.69, 9.17) is 4.74 Å². The van der Waals surface area contributed by atoms with Gasteiger partial charge in [-0.15, -0.1) is 0 Å². The molecule has 0 unspecified atom stereocenters. The van der Waals surface area contributed by atoms with Crippen LogP contribution in [0.2, 0.25) is 0 Å². The predicted molar refractivity (Wildman–Crippen MR) is 127 cm³/mol. The van der Waals surface area contributed by atoms with Crippen molar-refractivity contribution in [1.29, 1.82) is 0 Å². The van der Waals surface area contributed by atoms with Crippen LogP contribution >= 0.6 is 0 Å². The molecule has 0 saturated heterocycles. The minimum atomic E-state index is -0.365. The molecular formula is C26H24N4O3. The summed E-state index contributed by atoms with van der Waals surface area (Å²) in [4.78, 5) is 25.1. The zero-order chi connectivity index (χ0) is 23.0. The predicted octanol–water partition coefficient (Wildman–Crippen LogP) is 4.43. The molecule has 0 aliphatic rings. The summed E-state index contributed by atoms with van der Waals surface area (Å²) < 4.78 is 7.24. The topological polar surface area (TPSA) is 85.2 Å². The molecule has 4 rings (SSSR count). The summed E-state index contributed by atoms with van der Waals surface area (Å²) in [6, 6.07) is 28.0. The maximum absolute atomic E-state index is 12.7. The molecule has 0 saturated carbocycles. The van der Waals surface area contributed by atoms with Crippen LogP contribution in [-0.4, -0.2) is 21.6 Å². The van der Waals surface area contributed by atoms with Gasteiger partial charge in [-0.2, -0.15) is 5.10 Å². The van der Waals surface area contributed by atoms with Gasteiger partial charge in [-0.1, -0.05) is 60.7 Å². The maximum Gasteiger partial charge on any atom is 0.276 e. The van der Waals surface area contributed by atoms with Gasteiger partial charge in [0.1, 0.15) is 18.2 Å². The van der Waals surface area contributed by atoms with Gasteiger partial charge in [0.15, 0.2) is 5.69 Å². The van der Waals surface area contributed by atoms with Crippen molar-refractivity contribution in [2.75, 3.05) is 10.6 Å². The van der Waals surface area contributed by atoms with Crippen LogP contribution in [0.1, 0.15) is 21.6 Å². The van der Waals surface area contributed by atoms with Crippen LogP contribution in [0.5, 0.6) is 5.75 Å². The van der Waals surface area contributed by atoms with Crippen molar-refractivity contribution in [3.8, 4) is 5.75 Å². The van der Waals surface area contributed by atoms with Crippen LogP contribution in [0.25, 0.3) is 0 Å². The van der Waals surface area contributed by atoms with Crippen LogP contribution in [0.15, 0.2) is 91.0 Å². The highest BCUT2D eigenvalue weighted by Crippen LogP contribution is 2.17. The Morgan fingerprint density at radius 3 is 2.30 bits per heavy atom. The average molecular weight is 441 g/mol. The molecule has 3 aromatic carbocycles. The molecule has 0 aliphatic carbocycles. The van der Waals surface area contributed by atoms with Gasteiger partial charge in [-0.05, 0) is 35.4 Å². The number of benzene rings is 3. The smallest absolute Gasteiger partial charge is 0.276 e. The van der Waals surface area contributed by atoms with Crippen LogP contribution < -0.4 is 15.4 Å². The van der Waals surface area contributed by atoms with Crippen LogP contribution in [0.4, 0.5) is 11.5 Å². The Morgan fingerprint density at radius 1 is 0.848 bits per heavy atom. The number of aryl methyl sites for hydroxylation is 1. The first-order chi connectivity index (χ1) is 16.1. The molecule has 7 nitrogen and oxygen atoms in total. The number of aromatic nitrogens is 2. The summed E-state index contributed by atoms with van der Waals surface area (Å²) in [5.41, 5.74) is 2.67. The van der Waals surface area contributed by atoms with Crippen LogP contribution in [-0.2, 0) is 24.9 Å². The number of ether oxygens (including phenoxy) is 1. The Bertz CT molecular complexity index is 1240. The first kappa shape index (κ1) is 21.8. The second-order valence-electron chi connectivity index (χ2n) is 7.51. The normalized spacial score (nSPS) is 10.5. The average Bonchev–Trinajstić information content (AvgIpc) is 3.19. The molecule has 33 heavy (non-hydrogen) atoms. The van der Waals surface area contributed by atoms with Gasteiger partial charge in [0.2, 0.25) is 5.91 Å². The van der Waals surface area contributed by atoms with E-state index in [0.29, 0.717) is 18.1 Å². The first-order valence-corrected chi connectivity index (χ1v) is 10.5. The number of anilines is 2. The Kier molecular flexibility index (Phi) is 6.80. The van der Waals surface area contributed by atoms with Gasteiger partial charge in [-0.25, -0.2) is 0 Å². The van der Waals surface area contributed by atoms with E-state index in [1.807, 2.05) is 78.9 Å². The number of hydrogen-bond acceptors (Lipinski definition) is 4. The molecule has 166 valence electrons. The van der Waals surface area contributed by atoms with Gasteiger partial charge >= 0.3 is 0 Å². The summed E-state index contributed by atoms with van der Waals surface area (Å²) in [5, 5.41) is 9.88. The van der Waals surface area contributed by atoms with E-state index in [0.717, 1.165) is 16.9 Å². The van der Waals surface area contributed by atoms with Crippen molar-refractivity contribution in [1.82, 2.24) is 9.78 Å². The van der Waals surface area contributed by atoms with Gasteiger partial charge in [-0.3, -0.25) is 14.3 Å². The van der Waals surface area contributed by atoms with Crippen molar-refractivity contribution < 1.29 is 14.3 Å². The van der Waals surface area contributed by atoms with Crippen molar-refractivity contribution in [2.24, 2.45) is 7.05 Å². The minimum absolute atomic E-state index is 0.178. The van der Waals surface area contributed by atoms with E-state index in [9.17, 15) is 9.59 Å². The molecule has 0 aliphatic heterocycles. The standard InChI is InChI=1S/C26H24N4O3/c1-30-24(28-25(31)16-19-9-4-2-5-10-19)17-23(29-30)26(32)27-21-12-8-11-20(15-21)18-33-22-13-6-3-7-14-22/h2-15,17H,16,18H2,1H3,(H,27,32)(H,28,31). The Morgan fingerprint density at radius 2 is 1.55 bits per heavy atom. The molecule has 2 amide bonds. The summed E-state index contributed by atoms with van der Waals surface area (Å²) in [6.45, 7) is 0.384. The lowest BCUT2D eigenvalue weighted by Gasteiger charge is -2.08. The fourth-order valence-electron chi connectivity index (χ4n) is 3.28.